The highest BCUT2D eigenvalue weighted by Crippen LogP contribution is 2.34. The maximum absolute atomic E-state index is 13.8. The van der Waals surface area contributed by atoms with E-state index in [1.807, 2.05) is 48.5 Å². The molecule has 0 radical (unpaired) electrons. The van der Waals surface area contributed by atoms with Crippen LogP contribution < -0.4 is 5.32 Å². The SMILES string of the molecule is COC(=O)c1c(COC(=O)CNC(=O)c2ccccc2F)nc2ccccc2c1-c1ccccc1. The molecular formula is C27H21FN2O5. The van der Waals surface area contributed by atoms with E-state index in [9.17, 15) is 18.8 Å². The quantitative estimate of drug-likeness (QED) is 0.403. The number of ether oxygens (including phenoxy) is 2. The van der Waals surface area contributed by atoms with Crippen molar-refractivity contribution in [2.75, 3.05) is 13.7 Å². The molecule has 4 aromatic rings. The lowest BCUT2D eigenvalue weighted by Gasteiger charge is -2.16. The zero-order chi connectivity index (χ0) is 24.8. The van der Waals surface area contributed by atoms with Crippen molar-refractivity contribution in [1.82, 2.24) is 10.3 Å². The number of para-hydroxylation sites is 1. The lowest BCUT2D eigenvalue weighted by atomic mass is 9.94. The number of hydrogen-bond donors (Lipinski definition) is 1. The number of carbonyl (C=O) groups excluding carboxylic acids is 3. The molecule has 0 bridgehead atoms. The number of esters is 2. The highest BCUT2D eigenvalue weighted by Gasteiger charge is 2.24. The van der Waals surface area contributed by atoms with Crippen molar-refractivity contribution < 1.29 is 28.2 Å². The summed E-state index contributed by atoms with van der Waals surface area (Å²) in [5.74, 6) is -2.84. The minimum Gasteiger partial charge on any atom is -0.465 e. The number of methoxy groups -OCH3 is 1. The van der Waals surface area contributed by atoms with Crippen molar-refractivity contribution in [3.05, 3.63) is 102 Å². The normalized spacial score (nSPS) is 10.6. The fourth-order valence-electron chi connectivity index (χ4n) is 3.69. The Labute approximate surface area is 200 Å². The maximum atomic E-state index is 13.8. The Hall–Kier alpha value is -4.59. The first-order chi connectivity index (χ1) is 17.0. The molecular weight excluding hydrogens is 451 g/mol. The zero-order valence-electron chi connectivity index (χ0n) is 18.8. The van der Waals surface area contributed by atoms with Gasteiger partial charge in [-0.15, -0.1) is 0 Å². The van der Waals surface area contributed by atoms with Crippen molar-refractivity contribution in [3.8, 4) is 11.1 Å². The Kier molecular flexibility index (Phi) is 7.11. The van der Waals surface area contributed by atoms with Gasteiger partial charge in [-0.3, -0.25) is 9.59 Å². The first-order valence-electron chi connectivity index (χ1n) is 10.7. The van der Waals surface area contributed by atoms with Crippen LogP contribution in [0.4, 0.5) is 4.39 Å². The molecule has 1 amide bonds. The summed E-state index contributed by atoms with van der Waals surface area (Å²) < 4.78 is 24.1. The summed E-state index contributed by atoms with van der Waals surface area (Å²) in [6, 6.07) is 22.0. The minimum absolute atomic E-state index is 0.181. The molecule has 176 valence electrons. The van der Waals surface area contributed by atoms with Crippen molar-refractivity contribution in [1.29, 1.82) is 0 Å². The molecule has 1 N–H and O–H groups in total. The number of halogens is 1. The molecule has 1 heterocycles. The number of nitrogens with one attached hydrogen (secondary N) is 1. The first kappa shape index (κ1) is 23.6. The highest BCUT2D eigenvalue weighted by atomic mass is 19.1. The minimum atomic E-state index is -0.776. The predicted molar refractivity (Wildman–Crippen MR) is 127 cm³/mol. The highest BCUT2D eigenvalue weighted by molar-refractivity contribution is 6.07. The maximum Gasteiger partial charge on any atom is 0.340 e. The third-order valence-corrected chi connectivity index (χ3v) is 5.30. The van der Waals surface area contributed by atoms with Gasteiger partial charge in [-0.2, -0.15) is 0 Å². The van der Waals surface area contributed by atoms with E-state index in [4.69, 9.17) is 9.47 Å². The summed E-state index contributed by atoms with van der Waals surface area (Å²) in [4.78, 5) is 41.8. The average molecular weight is 472 g/mol. The van der Waals surface area contributed by atoms with E-state index in [0.717, 1.165) is 17.0 Å². The number of carbonyl (C=O) groups is 3. The standard InChI is InChI=1S/C27H21FN2O5/c1-34-27(33)25-22(16-35-23(31)15-29-26(32)18-11-5-7-13-20(18)28)30-21-14-8-6-12-19(21)24(25)17-9-3-2-4-10-17/h2-14H,15-16H2,1H3,(H,29,32). The van der Waals surface area contributed by atoms with Gasteiger partial charge in [0.25, 0.3) is 5.91 Å². The smallest absolute Gasteiger partial charge is 0.340 e. The van der Waals surface area contributed by atoms with Crippen LogP contribution in [-0.2, 0) is 20.9 Å². The van der Waals surface area contributed by atoms with Gasteiger partial charge in [-0.1, -0.05) is 60.7 Å². The van der Waals surface area contributed by atoms with E-state index in [-0.39, 0.29) is 23.4 Å². The zero-order valence-corrected chi connectivity index (χ0v) is 18.8. The Morgan fingerprint density at radius 2 is 1.60 bits per heavy atom. The van der Waals surface area contributed by atoms with Crippen molar-refractivity contribution in [2.24, 2.45) is 0 Å². The lowest BCUT2D eigenvalue weighted by molar-refractivity contribution is -0.143. The van der Waals surface area contributed by atoms with Crippen LogP contribution in [0.5, 0.6) is 0 Å². The van der Waals surface area contributed by atoms with E-state index >= 15 is 0 Å². The number of nitrogens with zero attached hydrogens (tertiary/aromatic N) is 1. The number of benzene rings is 3. The van der Waals surface area contributed by atoms with Gasteiger partial charge in [0.2, 0.25) is 0 Å². The summed E-state index contributed by atoms with van der Waals surface area (Å²) in [6.45, 7) is -0.816. The summed E-state index contributed by atoms with van der Waals surface area (Å²) >= 11 is 0. The number of fused-ring (bicyclic) bond motifs is 1. The molecule has 8 heteroatoms. The Balaban J connectivity index is 1.60. The number of amides is 1. The molecule has 3 aromatic carbocycles. The third-order valence-electron chi connectivity index (χ3n) is 5.30. The van der Waals surface area contributed by atoms with Crippen LogP contribution in [0, 0.1) is 5.82 Å². The molecule has 4 rings (SSSR count). The van der Waals surface area contributed by atoms with E-state index in [2.05, 4.69) is 10.3 Å². The molecule has 0 spiro atoms. The van der Waals surface area contributed by atoms with Gasteiger partial charge in [-0.25, -0.2) is 14.2 Å². The molecule has 0 saturated heterocycles. The first-order valence-corrected chi connectivity index (χ1v) is 10.7. The second-order valence-electron chi connectivity index (χ2n) is 7.51. The molecule has 0 atom stereocenters. The fourth-order valence-corrected chi connectivity index (χ4v) is 3.69. The molecule has 0 fully saturated rings. The van der Waals surface area contributed by atoms with Gasteiger partial charge in [0.15, 0.2) is 0 Å². The topological polar surface area (TPSA) is 94.6 Å². The second-order valence-corrected chi connectivity index (χ2v) is 7.51. The molecule has 1 aromatic heterocycles. The molecule has 0 unspecified atom stereocenters. The number of pyridine rings is 1. The number of rotatable bonds is 7. The van der Waals surface area contributed by atoms with E-state index in [1.165, 1.54) is 25.3 Å². The largest absolute Gasteiger partial charge is 0.465 e. The monoisotopic (exact) mass is 472 g/mol. The van der Waals surface area contributed by atoms with Crippen LogP contribution >= 0.6 is 0 Å². The van der Waals surface area contributed by atoms with Gasteiger partial charge in [-0.05, 0) is 23.8 Å². The second kappa shape index (κ2) is 10.6. The van der Waals surface area contributed by atoms with Gasteiger partial charge in [0.1, 0.15) is 19.0 Å². The van der Waals surface area contributed by atoms with Gasteiger partial charge in [0, 0.05) is 10.9 Å². The third kappa shape index (κ3) is 5.16. The van der Waals surface area contributed by atoms with Gasteiger partial charge >= 0.3 is 11.9 Å². The van der Waals surface area contributed by atoms with Crippen LogP contribution in [0.1, 0.15) is 26.4 Å². The lowest BCUT2D eigenvalue weighted by Crippen LogP contribution is -2.31. The van der Waals surface area contributed by atoms with Crippen molar-refractivity contribution >= 4 is 28.7 Å². The predicted octanol–water partition coefficient (Wildman–Crippen LogP) is 4.30. The summed E-state index contributed by atoms with van der Waals surface area (Å²) in [5.41, 5.74) is 2.21. The molecule has 7 nitrogen and oxygen atoms in total. The van der Waals surface area contributed by atoms with Crippen LogP contribution in [0.15, 0.2) is 78.9 Å². The molecule has 0 saturated carbocycles. The van der Waals surface area contributed by atoms with E-state index < -0.39 is 30.2 Å². The van der Waals surface area contributed by atoms with Gasteiger partial charge in [0.05, 0.1) is 29.4 Å². The molecule has 0 aliphatic carbocycles. The molecule has 35 heavy (non-hydrogen) atoms. The van der Waals surface area contributed by atoms with Crippen LogP contribution in [-0.4, -0.2) is 36.5 Å². The summed E-state index contributed by atoms with van der Waals surface area (Å²) in [6.07, 6.45) is 0. The average Bonchev–Trinajstić information content (AvgIpc) is 2.89. The number of aromatic nitrogens is 1. The number of hydrogen-bond acceptors (Lipinski definition) is 6. The Morgan fingerprint density at radius 1 is 0.914 bits per heavy atom. The van der Waals surface area contributed by atoms with Crippen molar-refractivity contribution in [2.45, 2.75) is 6.61 Å². The molecule has 0 aliphatic heterocycles. The van der Waals surface area contributed by atoms with E-state index in [0.29, 0.717) is 11.1 Å². The van der Waals surface area contributed by atoms with Crippen LogP contribution in [0.3, 0.4) is 0 Å². The van der Waals surface area contributed by atoms with Crippen molar-refractivity contribution in [3.63, 3.8) is 0 Å². The van der Waals surface area contributed by atoms with Crippen LogP contribution in [0.2, 0.25) is 0 Å². The Bertz CT molecular complexity index is 1410. The Morgan fingerprint density at radius 3 is 2.34 bits per heavy atom. The molecule has 0 aliphatic rings. The van der Waals surface area contributed by atoms with E-state index in [1.54, 1.807) is 6.07 Å². The summed E-state index contributed by atoms with van der Waals surface area (Å²) in [5, 5.41) is 3.07. The summed E-state index contributed by atoms with van der Waals surface area (Å²) in [7, 11) is 1.26. The fraction of sp³-hybridized carbons (Fsp3) is 0.111. The van der Waals surface area contributed by atoms with Gasteiger partial charge < -0.3 is 14.8 Å². The van der Waals surface area contributed by atoms with Crippen LogP contribution in [0.25, 0.3) is 22.0 Å².